The zero-order valence-corrected chi connectivity index (χ0v) is 10.5. The molecule has 1 amide bonds. The molecule has 0 saturated heterocycles. The summed E-state index contributed by atoms with van der Waals surface area (Å²) in [4.78, 5) is 11.9. The monoisotopic (exact) mass is 273 g/mol. The second-order valence-electron chi connectivity index (χ2n) is 3.86. The van der Waals surface area contributed by atoms with Crippen molar-refractivity contribution in [1.82, 2.24) is 10.5 Å². The normalized spacial score (nSPS) is 9.70. The maximum atomic E-state index is 13.6. The van der Waals surface area contributed by atoms with Gasteiger partial charge in [-0.25, -0.2) is 4.39 Å². The van der Waals surface area contributed by atoms with Crippen LogP contribution in [0.5, 0.6) is 0 Å². The number of nitrogens with two attached hydrogens (primary N) is 1. The molecular formula is C14H12FN3O2. The second kappa shape index (κ2) is 6.50. The quantitative estimate of drug-likeness (QED) is 0.819. The third-order valence-electron chi connectivity index (χ3n) is 2.46. The summed E-state index contributed by atoms with van der Waals surface area (Å²) in [6, 6.07) is 5.68. The lowest BCUT2D eigenvalue weighted by Crippen LogP contribution is -2.23. The van der Waals surface area contributed by atoms with Crippen molar-refractivity contribution in [2.24, 2.45) is 5.73 Å². The number of aromatic nitrogens is 1. The lowest BCUT2D eigenvalue weighted by atomic mass is 10.1. The smallest absolute Gasteiger partial charge is 0.254 e. The van der Waals surface area contributed by atoms with Crippen LogP contribution >= 0.6 is 0 Å². The van der Waals surface area contributed by atoms with Gasteiger partial charge in [-0.2, -0.15) is 0 Å². The molecule has 1 aromatic heterocycles. The summed E-state index contributed by atoms with van der Waals surface area (Å²) >= 11 is 0. The zero-order valence-electron chi connectivity index (χ0n) is 10.5. The molecule has 0 bridgehead atoms. The first-order chi connectivity index (χ1) is 9.70. The Bertz CT molecular complexity index is 657. The van der Waals surface area contributed by atoms with Crippen LogP contribution in [0.4, 0.5) is 4.39 Å². The summed E-state index contributed by atoms with van der Waals surface area (Å²) in [6.07, 6.45) is 1.46. The molecule has 2 rings (SSSR count). The molecule has 0 aliphatic carbocycles. The van der Waals surface area contributed by atoms with Crippen molar-refractivity contribution in [3.63, 3.8) is 0 Å². The van der Waals surface area contributed by atoms with E-state index in [1.54, 1.807) is 6.07 Å². The number of benzene rings is 1. The molecule has 1 aromatic carbocycles. The number of hydrogen-bond acceptors (Lipinski definition) is 4. The van der Waals surface area contributed by atoms with E-state index in [9.17, 15) is 9.18 Å². The molecule has 0 aliphatic rings. The molecule has 20 heavy (non-hydrogen) atoms. The van der Waals surface area contributed by atoms with Gasteiger partial charge in [0.2, 0.25) is 0 Å². The van der Waals surface area contributed by atoms with Crippen LogP contribution < -0.4 is 11.1 Å². The summed E-state index contributed by atoms with van der Waals surface area (Å²) < 4.78 is 18.5. The Morgan fingerprint density at radius 1 is 1.45 bits per heavy atom. The largest absolute Gasteiger partial charge is 0.360 e. The third kappa shape index (κ3) is 3.43. The van der Waals surface area contributed by atoms with Gasteiger partial charge in [0.05, 0.1) is 24.8 Å². The summed E-state index contributed by atoms with van der Waals surface area (Å²) in [6.45, 7) is 0.335. The fourth-order valence-electron chi connectivity index (χ4n) is 1.53. The first-order valence-electron chi connectivity index (χ1n) is 5.87. The Balaban J connectivity index is 2.12. The highest BCUT2D eigenvalue weighted by Gasteiger charge is 2.12. The van der Waals surface area contributed by atoms with E-state index in [1.807, 2.05) is 0 Å². The van der Waals surface area contributed by atoms with Gasteiger partial charge in [0.1, 0.15) is 5.82 Å². The Labute approximate surface area is 114 Å². The van der Waals surface area contributed by atoms with E-state index in [4.69, 9.17) is 10.3 Å². The summed E-state index contributed by atoms with van der Waals surface area (Å²) in [5.41, 5.74) is 5.72. The van der Waals surface area contributed by atoms with Crippen LogP contribution in [0.2, 0.25) is 0 Å². The average Bonchev–Trinajstić information content (AvgIpc) is 2.97. The first kappa shape index (κ1) is 13.8. The predicted molar refractivity (Wildman–Crippen MR) is 70.0 cm³/mol. The standard InChI is InChI=1S/C14H12FN3O2/c15-13-4-3-10(2-1-6-16)8-12(13)14(19)17-9-11-5-7-18-20-11/h3-5,7-8H,6,9,16H2,(H,17,19). The van der Waals surface area contributed by atoms with Crippen LogP contribution in [0, 0.1) is 17.7 Å². The molecule has 3 N–H and O–H groups in total. The predicted octanol–water partition coefficient (Wildman–Crippen LogP) is 1.05. The lowest BCUT2D eigenvalue weighted by molar-refractivity contribution is 0.0943. The summed E-state index contributed by atoms with van der Waals surface area (Å²) in [5.74, 6) is 4.72. The van der Waals surface area contributed by atoms with E-state index in [-0.39, 0.29) is 18.7 Å². The van der Waals surface area contributed by atoms with Crippen LogP contribution in [0.25, 0.3) is 0 Å². The number of amides is 1. The number of rotatable bonds is 3. The highest BCUT2D eigenvalue weighted by molar-refractivity contribution is 5.94. The van der Waals surface area contributed by atoms with E-state index in [0.29, 0.717) is 11.3 Å². The average molecular weight is 273 g/mol. The molecule has 1 heterocycles. The van der Waals surface area contributed by atoms with Crippen molar-refractivity contribution in [3.05, 3.63) is 53.2 Å². The fraction of sp³-hybridized carbons (Fsp3) is 0.143. The Kier molecular flexibility index (Phi) is 4.47. The van der Waals surface area contributed by atoms with Crippen LogP contribution in [0.15, 0.2) is 35.0 Å². The number of halogens is 1. The zero-order chi connectivity index (χ0) is 14.4. The lowest BCUT2D eigenvalue weighted by Gasteiger charge is -2.04. The van der Waals surface area contributed by atoms with Crippen molar-refractivity contribution in [1.29, 1.82) is 0 Å². The van der Waals surface area contributed by atoms with Gasteiger partial charge in [-0.1, -0.05) is 17.0 Å². The summed E-state index contributed by atoms with van der Waals surface area (Å²) in [7, 11) is 0. The Morgan fingerprint density at radius 3 is 3.00 bits per heavy atom. The van der Waals surface area contributed by atoms with Crippen molar-refractivity contribution < 1.29 is 13.7 Å². The highest BCUT2D eigenvalue weighted by Crippen LogP contribution is 2.10. The molecule has 0 radical (unpaired) electrons. The number of nitrogens with one attached hydrogen (secondary N) is 1. The van der Waals surface area contributed by atoms with Crippen molar-refractivity contribution in [3.8, 4) is 11.8 Å². The number of carbonyl (C=O) groups is 1. The molecular weight excluding hydrogens is 261 g/mol. The van der Waals surface area contributed by atoms with Gasteiger partial charge in [0, 0.05) is 11.6 Å². The van der Waals surface area contributed by atoms with Crippen molar-refractivity contribution in [2.75, 3.05) is 6.54 Å². The van der Waals surface area contributed by atoms with E-state index in [0.717, 1.165) is 0 Å². The third-order valence-corrected chi connectivity index (χ3v) is 2.46. The topological polar surface area (TPSA) is 81.2 Å². The molecule has 102 valence electrons. The molecule has 0 fully saturated rings. The van der Waals surface area contributed by atoms with Gasteiger partial charge in [-0.05, 0) is 18.2 Å². The van der Waals surface area contributed by atoms with E-state index >= 15 is 0 Å². The number of nitrogens with zero attached hydrogens (tertiary/aromatic N) is 1. The van der Waals surface area contributed by atoms with Gasteiger partial charge in [0.25, 0.3) is 5.91 Å². The van der Waals surface area contributed by atoms with Crippen molar-refractivity contribution >= 4 is 5.91 Å². The molecule has 0 saturated carbocycles. The van der Waals surface area contributed by atoms with Gasteiger partial charge < -0.3 is 15.6 Å². The molecule has 5 nitrogen and oxygen atoms in total. The minimum atomic E-state index is -0.613. The number of carbonyl (C=O) groups excluding carboxylic acids is 1. The van der Waals surface area contributed by atoms with E-state index in [1.165, 1.54) is 24.4 Å². The summed E-state index contributed by atoms with van der Waals surface area (Å²) in [5, 5.41) is 6.05. The molecule has 0 aliphatic heterocycles. The Hall–Kier alpha value is -2.65. The van der Waals surface area contributed by atoms with Gasteiger partial charge in [-0.15, -0.1) is 0 Å². The minimum Gasteiger partial charge on any atom is -0.360 e. The number of hydrogen-bond donors (Lipinski definition) is 2. The molecule has 6 heteroatoms. The fourth-order valence-corrected chi connectivity index (χ4v) is 1.53. The van der Waals surface area contributed by atoms with Crippen LogP contribution in [-0.2, 0) is 6.54 Å². The van der Waals surface area contributed by atoms with Gasteiger partial charge in [-0.3, -0.25) is 4.79 Å². The van der Waals surface area contributed by atoms with Crippen LogP contribution in [0.1, 0.15) is 21.7 Å². The SMILES string of the molecule is NCC#Cc1ccc(F)c(C(=O)NCc2ccno2)c1. The van der Waals surface area contributed by atoms with E-state index in [2.05, 4.69) is 22.3 Å². The van der Waals surface area contributed by atoms with Gasteiger partial charge in [0.15, 0.2) is 5.76 Å². The maximum absolute atomic E-state index is 13.6. The Morgan fingerprint density at radius 2 is 2.30 bits per heavy atom. The molecule has 0 atom stereocenters. The molecule has 2 aromatic rings. The minimum absolute atomic E-state index is 0.0756. The van der Waals surface area contributed by atoms with Crippen LogP contribution in [0.3, 0.4) is 0 Å². The molecule has 0 unspecified atom stereocenters. The van der Waals surface area contributed by atoms with Crippen molar-refractivity contribution in [2.45, 2.75) is 6.54 Å². The van der Waals surface area contributed by atoms with Crippen LogP contribution in [-0.4, -0.2) is 17.6 Å². The second-order valence-corrected chi connectivity index (χ2v) is 3.86. The highest BCUT2D eigenvalue weighted by atomic mass is 19.1. The van der Waals surface area contributed by atoms with Gasteiger partial charge >= 0.3 is 0 Å². The van der Waals surface area contributed by atoms with E-state index < -0.39 is 11.7 Å². The maximum Gasteiger partial charge on any atom is 0.254 e. The first-order valence-corrected chi connectivity index (χ1v) is 5.87. The molecule has 0 spiro atoms.